The zero-order chi connectivity index (χ0) is 38.6. The molecule has 0 aliphatic carbocycles. The first-order chi connectivity index (χ1) is 24.0. The molecule has 0 bridgehead atoms. The molecule has 51 heavy (non-hydrogen) atoms. The van der Waals surface area contributed by atoms with Crippen LogP contribution in [0.1, 0.15) is 92.7 Å². The van der Waals surface area contributed by atoms with Crippen molar-refractivity contribution in [3.8, 4) is 0 Å². The van der Waals surface area contributed by atoms with E-state index < -0.39 is 48.4 Å². The Morgan fingerprint density at radius 3 is 2.04 bits per heavy atom. The average Bonchev–Trinajstić information content (AvgIpc) is 3.59. The zero-order valence-electron chi connectivity index (χ0n) is 33.1. The lowest BCUT2D eigenvalue weighted by atomic mass is 9.89. The highest BCUT2D eigenvalue weighted by Gasteiger charge is 2.43. The van der Waals surface area contributed by atoms with Gasteiger partial charge in [0.05, 0.1) is 54.8 Å². The van der Waals surface area contributed by atoms with Gasteiger partial charge in [-0.25, -0.2) is 0 Å². The molecule has 1 aromatic carbocycles. The summed E-state index contributed by atoms with van der Waals surface area (Å²) in [6.07, 6.45) is 0.147. The van der Waals surface area contributed by atoms with Crippen LogP contribution in [0.15, 0.2) is 30.3 Å². The summed E-state index contributed by atoms with van der Waals surface area (Å²) < 4.78 is 11.9. The number of carbonyl (C=O) groups is 4. The van der Waals surface area contributed by atoms with Gasteiger partial charge in [-0.05, 0) is 50.1 Å². The fourth-order valence-electron chi connectivity index (χ4n) is 7.42. The topological polar surface area (TPSA) is 150 Å². The minimum absolute atomic E-state index is 0.0148. The highest BCUT2D eigenvalue weighted by Crippen LogP contribution is 2.30. The fraction of sp³-hybridized carbons (Fsp3) is 0.744. The van der Waals surface area contributed by atoms with E-state index in [1.165, 1.54) is 0 Å². The van der Waals surface area contributed by atoms with Crippen molar-refractivity contribution in [3.63, 3.8) is 0 Å². The molecular weight excluding hydrogens is 650 g/mol. The molecule has 12 nitrogen and oxygen atoms in total. The van der Waals surface area contributed by atoms with Crippen molar-refractivity contribution in [2.24, 2.45) is 23.7 Å². The number of nitrogens with zero attached hydrogens (tertiary/aromatic N) is 2. The third kappa shape index (κ3) is 11.5. The molecule has 0 aromatic heterocycles. The molecular formula is C39H67N5O7. The van der Waals surface area contributed by atoms with Crippen molar-refractivity contribution >= 4 is 23.6 Å². The third-order valence-corrected chi connectivity index (χ3v) is 10.7. The number of hydrogen-bond acceptors (Lipinski definition) is 8. The molecule has 1 aliphatic heterocycles. The number of aliphatic hydroxyl groups is 1. The summed E-state index contributed by atoms with van der Waals surface area (Å²) in [6.45, 7) is 15.9. The van der Waals surface area contributed by atoms with E-state index in [1.807, 2.05) is 71.9 Å². The van der Waals surface area contributed by atoms with E-state index in [2.05, 4.69) is 16.0 Å². The first kappa shape index (κ1) is 44.1. The normalized spacial score (nSPS) is 20.1. The molecule has 0 spiro atoms. The van der Waals surface area contributed by atoms with Gasteiger partial charge in [-0.3, -0.25) is 19.2 Å². The highest BCUT2D eigenvalue weighted by molar-refractivity contribution is 5.90. The lowest BCUT2D eigenvalue weighted by Crippen LogP contribution is -2.59. The third-order valence-electron chi connectivity index (χ3n) is 10.7. The monoisotopic (exact) mass is 718 g/mol. The molecule has 0 saturated carbocycles. The number of likely N-dealkylation sites (tertiary alicyclic amines) is 1. The summed E-state index contributed by atoms with van der Waals surface area (Å²) in [5, 5.41) is 19.8. The van der Waals surface area contributed by atoms with Gasteiger partial charge in [-0.15, -0.1) is 0 Å². The highest BCUT2D eigenvalue weighted by atomic mass is 16.5. The molecule has 7 unspecified atom stereocenters. The summed E-state index contributed by atoms with van der Waals surface area (Å²) in [5.41, 5.74) is 0.711. The molecule has 290 valence electrons. The van der Waals surface area contributed by atoms with Crippen LogP contribution in [0.5, 0.6) is 0 Å². The van der Waals surface area contributed by atoms with E-state index in [0.29, 0.717) is 18.5 Å². The Labute approximate surface area is 306 Å². The van der Waals surface area contributed by atoms with E-state index >= 15 is 0 Å². The molecule has 0 radical (unpaired) electrons. The molecule has 4 N–H and O–H groups in total. The molecule has 1 heterocycles. The lowest BCUT2D eigenvalue weighted by molar-refractivity contribution is -0.148. The summed E-state index contributed by atoms with van der Waals surface area (Å²) in [7, 11) is 6.57. The summed E-state index contributed by atoms with van der Waals surface area (Å²) >= 11 is 0. The number of ether oxygens (including phenoxy) is 2. The zero-order valence-corrected chi connectivity index (χ0v) is 33.1. The van der Waals surface area contributed by atoms with Crippen LogP contribution in [0, 0.1) is 23.7 Å². The standard InChI is InChI=1S/C39H67N5O7/c1-13-25(6)34(43(10)39(49)33(24(4)5)42-38(48)32(40-9)23(2)3)30(50-11)22-31(45)44-21-17-20-29(44)36(51-12)26(7)37(47)41-27(8)35(46)28-18-15-14-16-19-28/h14-16,18-19,23-27,29-30,32-36,40,46H,13,17,20-22H2,1-12H3,(H,41,47)(H,42,48)/t25-,26?,27+,29?,30?,32?,33-,34?,35?,36?/m0/s1. The van der Waals surface area contributed by atoms with Crippen LogP contribution in [0.4, 0.5) is 0 Å². The van der Waals surface area contributed by atoms with Crippen molar-refractivity contribution in [3.05, 3.63) is 35.9 Å². The number of hydrogen-bond donors (Lipinski definition) is 4. The maximum Gasteiger partial charge on any atom is 0.245 e. The predicted molar refractivity (Wildman–Crippen MR) is 200 cm³/mol. The average molecular weight is 718 g/mol. The first-order valence-electron chi connectivity index (χ1n) is 18.7. The van der Waals surface area contributed by atoms with E-state index in [-0.39, 0.29) is 53.8 Å². The molecule has 2 rings (SSSR count). The van der Waals surface area contributed by atoms with Crippen LogP contribution < -0.4 is 16.0 Å². The number of carbonyl (C=O) groups excluding carboxylic acids is 4. The first-order valence-corrected chi connectivity index (χ1v) is 18.7. The van der Waals surface area contributed by atoms with Crippen molar-refractivity contribution in [2.75, 3.05) is 34.9 Å². The molecule has 1 aliphatic rings. The predicted octanol–water partition coefficient (Wildman–Crippen LogP) is 3.53. The fourth-order valence-corrected chi connectivity index (χ4v) is 7.42. The number of likely N-dealkylation sites (N-methyl/N-ethyl adjacent to an activating group) is 2. The molecule has 4 amide bonds. The van der Waals surface area contributed by atoms with E-state index in [1.54, 1.807) is 52.0 Å². The van der Waals surface area contributed by atoms with Gasteiger partial charge in [0, 0.05) is 27.8 Å². The van der Waals surface area contributed by atoms with Crippen LogP contribution in [0.25, 0.3) is 0 Å². The van der Waals surface area contributed by atoms with Crippen LogP contribution >= 0.6 is 0 Å². The second-order valence-corrected chi connectivity index (χ2v) is 15.0. The summed E-state index contributed by atoms with van der Waals surface area (Å²) in [5.74, 6) is -1.62. The molecule has 1 saturated heterocycles. The second kappa shape index (κ2) is 20.8. The van der Waals surface area contributed by atoms with Crippen molar-refractivity contribution in [2.45, 2.75) is 130 Å². The van der Waals surface area contributed by atoms with Gasteiger partial charge in [0.1, 0.15) is 6.04 Å². The van der Waals surface area contributed by atoms with Gasteiger partial charge in [-0.2, -0.15) is 0 Å². The largest absolute Gasteiger partial charge is 0.386 e. The van der Waals surface area contributed by atoms with Gasteiger partial charge >= 0.3 is 0 Å². The van der Waals surface area contributed by atoms with Crippen molar-refractivity contribution in [1.29, 1.82) is 0 Å². The van der Waals surface area contributed by atoms with Gasteiger partial charge in [0.2, 0.25) is 23.6 Å². The van der Waals surface area contributed by atoms with Crippen molar-refractivity contribution < 1.29 is 33.8 Å². The van der Waals surface area contributed by atoms with E-state index in [0.717, 1.165) is 12.8 Å². The SMILES string of the molecule is CC[C@H](C)C(C(CC(=O)N1CCCC1C(OC)C(C)C(=O)N[C@H](C)C(O)c1ccccc1)OC)N(C)C(=O)[C@@H](NC(=O)C(NC)C(C)C)C(C)C. The maximum atomic E-state index is 14.1. The van der Waals surface area contributed by atoms with Crippen LogP contribution in [-0.2, 0) is 28.7 Å². The van der Waals surface area contributed by atoms with Gasteiger partial charge < -0.3 is 40.3 Å². The van der Waals surface area contributed by atoms with E-state index in [9.17, 15) is 24.3 Å². The molecule has 1 aromatic rings. The van der Waals surface area contributed by atoms with Gasteiger partial charge in [-0.1, -0.05) is 85.2 Å². The Balaban J connectivity index is 2.24. The summed E-state index contributed by atoms with van der Waals surface area (Å²) in [4.78, 5) is 58.3. The summed E-state index contributed by atoms with van der Waals surface area (Å²) in [6, 6.07) is 6.67. The number of rotatable bonds is 20. The number of amides is 4. The second-order valence-electron chi connectivity index (χ2n) is 15.0. The Hall–Kier alpha value is -3.06. The molecule has 12 heteroatoms. The Bertz CT molecular complexity index is 1250. The minimum Gasteiger partial charge on any atom is -0.386 e. The van der Waals surface area contributed by atoms with Crippen LogP contribution in [0.3, 0.4) is 0 Å². The number of nitrogens with one attached hydrogen (secondary N) is 3. The lowest BCUT2D eigenvalue weighted by Gasteiger charge is -2.41. The molecule has 1 fully saturated rings. The number of benzene rings is 1. The number of methoxy groups -OCH3 is 2. The molecule has 10 atom stereocenters. The minimum atomic E-state index is -0.875. The van der Waals surface area contributed by atoms with Gasteiger partial charge in [0.25, 0.3) is 0 Å². The maximum absolute atomic E-state index is 14.1. The number of aliphatic hydroxyl groups excluding tert-OH is 1. The smallest absolute Gasteiger partial charge is 0.245 e. The Kier molecular flexibility index (Phi) is 18.0. The Morgan fingerprint density at radius 2 is 1.53 bits per heavy atom. The quantitative estimate of drug-likeness (QED) is 0.160. The van der Waals surface area contributed by atoms with Crippen LogP contribution in [0.2, 0.25) is 0 Å². The van der Waals surface area contributed by atoms with Crippen LogP contribution in [-0.4, -0.2) is 116 Å². The van der Waals surface area contributed by atoms with E-state index in [4.69, 9.17) is 9.47 Å². The van der Waals surface area contributed by atoms with Crippen molar-refractivity contribution in [1.82, 2.24) is 25.8 Å². The van der Waals surface area contributed by atoms with Gasteiger partial charge in [0.15, 0.2) is 0 Å². The Morgan fingerprint density at radius 1 is 0.922 bits per heavy atom.